The summed E-state index contributed by atoms with van der Waals surface area (Å²) in [6.45, 7) is 7.52. The van der Waals surface area contributed by atoms with Crippen molar-refractivity contribution in [1.29, 1.82) is 0 Å². The van der Waals surface area contributed by atoms with Crippen LogP contribution in [0.25, 0.3) is 0 Å². The summed E-state index contributed by atoms with van der Waals surface area (Å²) in [7, 11) is 9.43. The third-order valence-corrected chi connectivity index (χ3v) is 5.22. The molecule has 166 valence electrons. The summed E-state index contributed by atoms with van der Waals surface area (Å²) in [5.74, 6) is 2.52. The van der Waals surface area contributed by atoms with Crippen LogP contribution in [0.3, 0.4) is 0 Å². The standard InChI is InChI=1S/C21H37N5O2.HI/c1-22-21(23-10-6-12-26-13-7-11-24(2)14-15-26)25(3)17-18-8-9-19(27-4)16-20(18)28-5;/h8-9,16H,6-7,10-15,17H2,1-5H3,(H,22,23);1H. The van der Waals surface area contributed by atoms with Crippen LogP contribution >= 0.6 is 24.0 Å². The summed E-state index contributed by atoms with van der Waals surface area (Å²) >= 11 is 0. The molecule has 1 aliphatic rings. The van der Waals surface area contributed by atoms with Crippen LogP contribution < -0.4 is 14.8 Å². The Labute approximate surface area is 193 Å². The number of rotatable bonds is 8. The fourth-order valence-corrected chi connectivity index (χ4v) is 3.52. The molecule has 0 aromatic heterocycles. The van der Waals surface area contributed by atoms with E-state index in [9.17, 15) is 0 Å². The molecule has 0 bridgehead atoms. The van der Waals surface area contributed by atoms with Crippen molar-refractivity contribution in [2.75, 3.05) is 74.6 Å². The van der Waals surface area contributed by atoms with E-state index in [0.29, 0.717) is 6.54 Å². The normalized spacial score (nSPS) is 16.0. The van der Waals surface area contributed by atoms with Crippen molar-refractivity contribution < 1.29 is 9.47 Å². The molecule has 1 aromatic carbocycles. The lowest BCUT2D eigenvalue weighted by Gasteiger charge is -2.24. The molecule has 1 aliphatic heterocycles. The van der Waals surface area contributed by atoms with Gasteiger partial charge in [0, 0.05) is 51.9 Å². The van der Waals surface area contributed by atoms with Gasteiger partial charge < -0.3 is 29.5 Å². The van der Waals surface area contributed by atoms with Gasteiger partial charge in [-0.05, 0) is 51.7 Å². The number of hydrogen-bond acceptors (Lipinski definition) is 5. The maximum Gasteiger partial charge on any atom is 0.193 e. The Balaban J connectivity index is 0.00000420. The molecule has 1 N–H and O–H groups in total. The molecule has 2 rings (SSSR count). The van der Waals surface area contributed by atoms with Crippen molar-refractivity contribution in [3.8, 4) is 11.5 Å². The average molecular weight is 519 g/mol. The molecule has 0 unspecified atom stereocenters. The molecule has 0 saturated carbocycles. The fraction of sp³-hybridized carbons (Fsp3) is 0.667. The maximum atomic E-state index is 5.51. The highest BCUT2D eigenvalue weighted by Gasteiger charge is 2.13. The van der Waals surface area contributed by atoms with Gasteiger partial charge in [-0.15, -0.1) is 24.0 Å². The topological polar surface area (TPSA) is 52.6 Å². The minimum atomic E-state index is 0. The van der Waals surface area contributed by atoms with Gasteiger partial charge in [0.05, 0.1) is 14.2 Å². The van der Waals surface area contributed by atoms with E-state index in [0.717, 1.165) is 42.5 Å². The predicted molar refractivity (Wildman–Crippen MR) is 131 cm³/mol. The molecule has 0 atom stereocenters. The summed E-state index contributed by atoms with van der Waals surface area (Å²) in [5.41, 5.74) is 1.10. The molecule has 0 aliphatic carbocycles. The number of nitrogens with one attached hydrogen (secondary N) is 1. The van der Waals surface area contributed by atoms with E-state index in [1.165, 1.54) is 32.6 Å². The summed E-state index contributed by atoms with van der Waals surface area (Å²) in [6, 6.07) is 5.91. The van der Waals surface area contributed by atoms with Gasteiger partial charge in [-0.3, -0.25) is 4.99 Å². The minimum absolute atomic E-state index is 0. The van der Waals surface area contributed by atoms with Crippen LogP contribution in [0.2, 0.25) is 0 Å². The molecular formula is C21H38IN5O2. The maximum absolute atomic E-state index is 5.51. The van der Waals surface area contributed by atoms with Crippen molar-refractivity contribution in [3.05, 3.63) is 23.8 Å². The second-order valence-corrected chi connectivity index (χ2v) is 7.36. The molecule has 1 heterocycles. The first kappa shape index (κ1) is 25.8. The number of halogens is 1. The van der Waals surface area contributed by atoms with Crippen molar-refractivity contribution >= 4 is 29.9 Å². The monoisotopic (exact) mass is 519 g/mol. The van der Waals surface area contributed by atoms with Gasteiger partial charge in [-0.1, -0.05) is 0 Å². The second kappa shape index (κ2) is 13.9. The van der Waals surface area contributed by atoms with Gasteiger partial charge in [-0.2, -0.15) is 0 Å². The van der Waals surface area contributed by atoms with Crippen molar-refractivity contribution in [3.63, 3.8) is 0 Å². The van der Waals surface area contributed by atoms with Gasteiger partial charge in [0.2, 0.25) is 0 Å². The lowest BCUT2D eigenvalue weighted by atomic mass is 10.2. The summed E-state index contributed by atoms with van der Waals surface area (Å²) in [4.78, 5) is 11.5. The molecule has 0 amide bonds. The van der Waals surface area contributed by atoms with Crippen LogP contribution in [0.5, 0.6) is 11.5 Å². The molecule has 0 spiro atoms. The van der Waals surface area contributed by atoms with Crippen LogP contribution in [0.15, 0.2) is 23.2 Å². The van der Waals surface area contributed by atoms with Gasteiger partial charge in [-0.25, -0.2) is 0 Å². The first-order valence-corrected chi connectivity index (χ1v) is 10.1. The number of methoxy groups -OCH3 is 2. The number of aliphatic imine (C=N–C) groups is 1. The van der Waals surface area contributed by atoms with E-state index < -0.39 is 0 Å². The van der Waals surface area contributed by atoms with Crippen LogP contribution in [0.1, 0.15) is 18.4 Å². The number of likely N-dealkylation sites (N-methyl/N-ethyl adjacent to an activating group) is 1. The van der Waals surface area contributed by atoms with Crippen molar-refractivity contribution in [2.45, 2.75) is 19.4 Å². The van der Waals surface area contributed by atoms with E-state index in [1.54, 1.807) is 14.2 Å². The lowest BCUT2D eigenvalue weighted by molar-refractivity contribution is 0.273. The summed E-state index contributed by atoms with van der Waals surface area (Å²) in [6.07, 6.45) is 2.38. The molecule has 1 aromatic rings. The van der Waals surface area contributed by atoms with E-state index in [-0.39, 0.29) is 24.0 Å². The summed E-state index contributed by atoms with van der Waals surface area (Å²) in [5, 5.41) is 3.49. The Morgan fingerprint density at radius 3 is 2.66 bits per heavy atom. The van der Waals surface area contributed by atoms with E-state index in [1.807, 2.05) is 32.3 Å². The Bertz CT molecular complexity index is 629. The quantitative estimate of drug-likeness (QED) is 0.247. The van der Waals surface area contributed by atoms with E-state index >= 15 is 0 Å². The Morgan fingerprint density at radius 2 is 1.97 bits per heavy atom. The van der Waals surface area contributed by atoms with Crippen LogP contribution in [0, 0.1) is 0 Å². The zero-order chi connectivity index (χ0) is 20.4. The van der Waals surface area contributed by atoms with Crippen molar-refractivity contribution in [2.24, 2.45) is 4.99 Å². The SMILES string of the molecule is CN=C(NCCCN1CCCN(C)CC1)N(C)Cc1ccc(OC)cc1OC.I. The minimum Gasteiger partial charge on any atom is -0.497 e. The molecular weight excluding hydrogens is 481 g/mol. The first-order valence-electron chi connectivity index (χ1n) is 10.1. The fourth-order valence-electron chi connectivity index (χ4n) is 3.52. The number of hydrogen-bond donors (Lipinski definition) is 1. The molecule has 0 radical (unpaired) electrons. The van der Waals surface area contributed by atoms with E-state index in [4.69, 9.17) is 9.47 Å². The zero-order valence-corrected chi connectivity index (χ0v) is 20.9. The number of ether oxygens (including phenoxy) is 2. The highest BCUT2D eigenvalue weighted by molar-refractivity contribution is 14.0. The molecule has 29 heavy (non-hydrogen) atoms. The second-order valence-electron chi connectivity index (χ2n) is 7.36. The third kappa shape index (κ3) is 8.55. The Kier molecular flexibility index (Phi) is 12.3. The van der Waals surface area contributed by atoms with Gasteiger partial charge >= 0.3 is 0 Å². The van der Waals surface area contributed by atoms with Gasteiger partial charge in [0.25, 0.3) is 0 Å². The lowest BCUT2D eigenvalue weighted by Crippen LogP contribution is -2.40. The van der Waals surface area contributed by atoms with Crippen LogP contribution in [-0.2, 0) is 6.54 Å². The number of guanidine groups is 1. The highest BCUT2D eigenvalue weighted by Crippen LogP contribution is 2.25. The van der Waals surface area contributed by atoms with Gasteiger partial charge in [0.15, 0.2) is 5.96 Å². The molecule has 7 nitrogen and oxygen atoms in total. The zero-order valence-electron chi connectivity index (χ0n) is 18.6. The molecule has 8 heteroatoms. The Hall–Kier alpha value is -1.26. The first-order chi connectivity index (χ1) is 13.6. The number of benzene rings is 1. The third-order valence-electron chi connectivity index (χ3n) is 5.22. The number of nitrogens with zero attached hydrogens (tertiary/aromatic N) is 4. The van der Waals surface area contributed by atoms with E-state index in [2.05, 4.69) is 32.1 Å². The molecule has 1 fully saturated rings. The van der Waals surface area contributed by atoms with Gasteiger partial charge in [0.1, 0.15) is 11.5 Å². The summed E-state index contributed by atoms with van der Waals surface area (Å²) < 4.78 is 10.8. The highest BCUT2D eigenvalue weighted by atomic mass is 127. The predicted octanol–water partition coefficient (Wildman–Crippen LogP) is 2.36. The molecule has 1 saturated heterocycles. The Morgan fingerprint density at radius 1 is 1.17 bits per heavy atom. The van der Waals surface area contributed by atoms with Crippen LogP contribution in [-0.4, -0.2) is 95.3 Å². The smallest absolute Gasteiger partial charge is 0.193 e. The average Bonchev–Trinajstić information content (AvgIpc) is 2.92. The van der Waals surface area contributed by atoms with Crippen LogP contribution in [0.4, 0.5) is 0 Å². The van der Waals surface area contributed by atoms with Crippen molar-refractivity contribution in [1.82, 2.24) is 20.0 Å². The largest absolute Gasteiger partial charge is 0.497 e.